The molecular weight excluding hydrogens is 230 g/mol. The van der Waals surface area contributed by atoms with Crippen LogP contribution in [0.1, 0.15) is 18.4 Å². The molecule has 0 radical (unpaired) electrons. The fourth-order valence-corrected chi connectivity index (χ4v) is 2.80. The quantitative estimate of drug-likeness (QED) is 0.811. The van der Waals surface area contributed by atoms with Crippen LogP contribution in [-0.2, 0) is 16.1 Å². The number of likely N-dealkylation sites (N-methyl/N-ethyl adjacent to an activating group) is 1. The SMILES string of the molecule is CNC(=O)C1(COC)CCCN1Cc1cc[nH]c1. The molecule has 1 amide bonds. The van der Waals surface area contributed by atoms with E-state index < -0.39 is 5.54 Å². The summed E-state index contributed by atoms with van der Waals surface area (Å²) >= 11 is 0. The molecule has 1 saturated heterocycles. The molecule has 1 unspecified atom stereocenters. The van der Waals surface area contributed by atoms with E-state index in [1.165, 1.54) is 5.56 Å². The van der Waals surface area contributed by atoms with Gasteiger partial charge in [0.1, 0.15) is 5.54 Å². The van der Waals surface area contributed by atoms with Gasteiger partial charge in [-0.25, -0.2) is 0 Å². The minimum Gasteiger partial charge on any atom is -0.382 e. The van der Waals surface area contributed by atoms with Crippen molar-refractivity contribution in [2.75, 3.05) is 27.3 Å². The van der Waals surface area contributed by atoms with Gasteiger partial charge < -0.3 is 15.0 Å². The molecule has 1 aromatic heterocycles. The molecule has 1 atom stereocenters. The highest BCUT2D eigenvalue weighted by atomic mass is 16.5. The van der Waals surface area contributed by atoms with E-state index in [-0.39, 0.29) is 5.91 Å². The zero-order valence-electron chi connectivity index (χ0n) is 11.0. The van der Waals surface area contributed by atoms with E-state index in [9.17, 15) is 4.79 Å². The third-order valence-electron chi connectivity index (χ3n) is 3.69. The van der Waals surface area contributed by atoms with Gasteiger partial charge in [-0.05, 0) is 31.0 Å². The van der Waals surface area contributed by atoms with E-state index in [4.69, 9.17) is 4.74 Å². The summed E-state index contributed by atoms with van der Waals surface area (Å²) in [7, 11) is 3.34. The molecule has 5 nitrogen and oxygen atoms in total. The largest absolute Gasteiger partial charge is 0.382 e. The lowest BCUT2D eigenvalue weighted by molar-refractivity contribution is -0.135. The Morgan fingerprint density at radius 3 is 3.11 bits per heavy atom. The molecule has 100 valence electrons. The number of aromatic nitrogens is 1. The fraction of sp³-hybridized carbons (Fsp3) is 0.615. The summed E-state index contributed by atoms with van der Waals surface area (Å²) in [6.07, 6.45) is 5.76. The van der Waals surface area contributed by atoms with E-state index in [1.807, 2.05) is 18.5 Å². The number of ether oxygens (including phenoxy) is 1. The third-order valence-corrected chi connectivity index (χ3v) is 3.69. The van der Waals surface area contributed by atoms with E-state index in [2.05, 4.69) is 15.2 Å². The Morgan fingerprint density at radius 1 is 1.67 bits per heavy atom. The van der Waals surface area contributed by atoms with Gasteiger partial charge in [-0.3, -0.25) is 9.69 Å². The molecule has 1 fully saturated rings. The Balaban J connectivity index is 2.18. The van der Waals surface area contributed by atoms with Crippen LogP contribution in [0, 0.1) is 0 Å². The number of H-pyrrole nitrogens is 1. The molecule has 0 aromatic carbocycles. The standard InChI is InChI=1S/C13H21N3O2/c1-14-12(17)13(10-18-2)5-3-7-16(13)9-11-4-6-15-8-11/h4,6,8,15H,3,5,7,9-10H2,1-2H3,(H,14,17). The summed E-state index contributed by atoms with van der Waals surface area (Å²) in [6, 6.07) is 2.04. The van der Waals surface area contributed by atoms with Crippen molar-refractivity contribution in [3.63, 3.8) is 0 Å². The molecule has 2 heterocycles. The Labute approximate surface area is 108 Å². The van der Waals surface area contributed by atoms with Gasteiger partial charge in [0, 0.05) is 33.1 Å². The average molecular weight is 251 g/mol. The number of nitrogens with zero attached hydrogens (tertiary/aromatic N) is 1. The lowest BCUT2D eigenvalue weighted by atomic mass is 9.95. The highest BCUT2D eigenvalue weighted by Crippen LogP contribution is 2.31. The average Bonchev–Trinajstić information content (AvgIpc) is 3.01. The first-order chi connectivity index (χ1) is 8.73. The van der Waals surface area contributed by atoms with Crippen LogP contribution >= 0.6 is 0 Å². The molecule has 0 bridgehead atoms. The van der Waals surface area contributed by atoms with Crippen LogP contribution in [0.25, 0.3) is 0 Å². The number of amides is 1. The maximum atomic E-state index is 12.2. The summed E-state index contributed by atoms with van der Waals surface area (Å²) in [4.78, 5) is 17.5. The molecule has 1 aromatic rings. The number of likely N-dealkylation sites (tertiary alicyclic amines) is 1. The van der Waals surface area contributed by atoms with Crippen LogP contribution in [0.4, 0.5) is 0 Å². The van der Waals surface area contributed by atoms with Crippen molar-refractivity contribution in [1.29, 1.82) is 0 Å². The zero-order valence-corrected chi connectivity index (χ0v) is 11.0. The summed E-state index contributed by atoms with van der Waals surface area (Å²) in [5, 5.41) is 2.77. The second kappa shape index (κ2) is 5.54. The van der Waals surface area contributed by atoms with Crippen LogP contribution in [0.5, 0.6) is 0 Å². The highest BCUT2D eigenvalue weighted by Gasteiger charge is 2.46. The number of carbonyl (C=O) groups is 1. The summed E-state index contributed by atoms with van der Waals surface area (Å²) in [6.45, 7) is 2.15. The molecule has 18 heavy (non-hydrogen) atoms. The molecule has 2 N–H and O–H groups in total. The van der Waals surface area contributed by atoms with Crippen LogP contribution in [0.3, 0.4) is 0 Å². The van der Waals surface area contributed by atoms with Crippen molar-refractivity contribution in [3.8, 4) is 0 Å². The monoisotopic (exact) mass is 251 g/mol. The maximum Gasteiger partial charge on any atom is 0.242 e. The van der Waals surface area contributed by atoms with E-state index >= 15 is 0 Å². The first-order valence-corrected chi connectivity index (χ1v) is 6.31. The molecule has 5 heteroatoms. The van der Waals surface area contributed by atoms with Crippen LogP contribution in [0.2, 0.25) is 0 Å². The van der Waals surface area contributed by atoms with Crippen LogP contribution in [-0.4, -0.2) is 48.6 Å². The highest BCUT2D eigenvalue weighted by molar-refractivity contribution is 5.86. The number of methoxy groups -OCH3 is 1. The Morgan fingerprint density at radius 2 is 2.50 bits per heavy atom. The third kappa shape index (κ3) is 2.28. The van der Waals surface area contributed by atoms with Gasteiger partial charge in [-0.2, -0.15) is 0 Å². The lowest BCUT2D eigenvalue weighted by Crippen LogP contribution is -2.57. The maximum absolute atomic E-state index is 12.2. The topological polar surface area (TPSA) is 57.4 Å². The van der Waals surface area contributed by atoms with Crippen molar-refractivity contribution in [1.82, 2.24) is 15.2 Å². The molecule has 0 saturated carbocycles. The van der Waals surface area contributed by atoms with Crippen molar-refractivity contribution >= 4 is 5.91 Å². The number of rotatable bonds is 5. The summed E-state index contributed by atoms with van der Waals surface area (Å²) in [5.41, 5.74) is 0.683. The van der Waals surface area contributed by atoms with Gasteiger partial charge in [0.15, 0.2) is 0 Å². The Kier molecular flexibility index (Phi) is 4.04. The predicted molar refractivity (Wildman–Crippen MR) is 69.1 cm³/mol. The number of carbonyl (C=O) groups excluding carboxylic acids is 1. The lowest BCUT2D eigenvalue weighted by Gasteiger charge is -2.36. The van der Waals surface area contributed by atoms with Gasteiger partial charge in [0.05, 0.1) is 6.61 Å². The minimum absolute atomic E-state index is 0.0531. The van der Waals surface area contributed by atoms with E-state index in [0.717, 1.165) is 25.9 Å². The first-order valence-electron chi connectivity index (χ1n) is 6.31. The number of nitrogens with one attached hydrogen (secondary N) is 2. The van der Waals surface area contributed by atoms with Gasteiger partial charge in [-0.15, -0.1) is 0 Å². The smallest absolute Gasteiger partial charge is 0.242 e. The second-order valence-electron chi connectivity index (χ2n) is 4.79. The Bertz CT molecular complexity index is 391. The van der Waals surface area contributed by atoms with Crippen molar-refractivity contribution in [2.24, 2.45) is 0 Å². The van der Waals surface area contributed by atoms with E-state index in [1.54, 1.807) is 14.2 Å². The molecule has 2 rings (SSSR count). The van der Waals surface area contributed by atoms with E-state index in [0.29, 0.717) is 6.61 Å². The summed E-state index contributed by atoms with van der Waals surface area (Å²) in [5.74, 6) is 0.0531. The molecule has 1 aliphatic rings. The predicted octanol–water partition coefficient (Wildman–Crippen LogP) is 0.742. The fourth-order valence-electron chi connectivity index (χ4n) is 2.80. The van der Waals surface area contributed by atoms with Gasteiger partial charge in [0.2, 0.25) is 5.91 Å². The molecule has 0 aliphatic carbocycles. The molecular formula is C13H21N3O2. The normalized spacial score (nSPS) is 24.3. The second-order valence-corrected chi connectivity index (χ2v) is 4.79. The van der Waals surface area contributed by atoms with Crippen LogP contribution < -0.4 is 5.32 Å². The number of hydrogen-bond donors (Lipinski definition) is 2. The summed E-state index contributed by atoms with van der Waals surface area (Å²) < 4.78 is 5.29. The Hall–Kier alpha value is -1.33. The van der Waals surface area contributed by atoms with Crippen LogP contribution in [0.15, 0.2) is 18.5 Å². The molecule has 1 aliphatic heterocycles. The molecule has 0 spiro atoms. The van der Waals surface area contributed by atoms with Gasteiger partial charge >= 0.3 is 0 Å². The van der Waals surface area contributed by atoms with Crippen molar-refractivity contribution in [3.05, 3.63) is 24.0 Å². The van der Waals surface area contributed by atoms with Gasteiger partial charge in [-0.1, -0.05) is 0 Å². The van der Waals surface area contributed by atoms with Crippen molar-refractivity contribution in [2.45, 2.75) is 24.9 Å². The minimum atomic E-state index is -0.513. The first kappa shape index (κ1) is 13.1. The van der Waals surface area contributed by atoms with Crippen molar-refractivity contribution < 1.29 is 9.53 Å². The number of aromatic amines is 1. The van der Waals surface area contributed by atoms with Gasteiger partial charge in [0.25, 0.3) is 0 Å². The number of hydrogen-bond acceptors (Lipinski definition) is 3. The zero-order chi connectivity index (χ0) is 13.0.